The molecule has 0 aliphatic carbocycles. The van der Waals surface area contributed by atoms with Gasteiger partial charge >= 0.3 is 0 Å². The van der Waals surface area contributed by atoms with E-state index in [2.05, 4.69) is 4.98 Å². The zero-order chi connectivity index (χ0) is 20.2. The molecule has 0 saturated heterocycles. The summed E-state index contributed by atoms with van der Waals surface area (Å²) in [6, 6.07) is -2.98. The van der Waals surface area contributed by atoms with Crippen LogP contribution in [-0.2, 0) is 6.50 Å². The van der Waals surface area contributed by atoms with E-state index >= 15 is 0 Å². The number of imidazole rings is 1. The normalized spacial score (nSPS) is 22.6. The second-order valence-corrected chi connectivity index (χ2v) is 2.88. The van der Waals surface area contributed by atoms with E-state index in [0.717, 1.165) is 0 Å². The lowest BCUT2D eigenvalue weighted by Gasteiger charge is -2.07. The fourth-order valence-electron chi connectivity index (χ4n) is 1.19. The van der Waals surface area contributed by atoms with Crippen LogP contribution in [0.5, 0.6) is 6.01 Å². The molecular formula is C12H15ClN2O. The summed E-state index contributed by atoms with van der Waals surface area (Å²) >= 11 is 5.43. The Labute approximate surface area is 114 Å². The van der Waals surface area contributed by atoms with E-state index in [4.69, 9.17) is 30.0 Å². The largest absolute Gasteiger partial charge is 0.465 e. The first-order valence-corrected chi connectivity index (χ1v) is 4.88. The van der Waals surface area contributed by atoms with E-state index in [1.165, 1.54) is 0 Å². The van der Waals surface area contributed by atoms with Crippen molar-refractivity contribution >= 4 is 22.6 Å². The average Bonchev–Trinajstić information content (AvgIpc) is 2.90. The molecule has 16 heavy (non-hydrogen) atoms. The summed E-state index contributed by atoms with van der Waals surface area (Å²) in [6.07, 6.45) is -3.31. The number of aromatic nitrogens is 2. The van der Waals surface area contributed by atoms with Gasteiger partial charge < -0.3 is 4.74 Å². The van der Waals surface area contributed by atoms with Crippen molar-refractivity contribution in [2.24, 2.45) is 0 Å². The number of ether oxygens (including phenoxy) is 1. The van der Waals surface area contributed by atoms with E-state index in [9.17, 15) is 0 Å². The summed E-state index contributed by atoms with van der Waals surface area (Å²) in [5.74, 6) is -3.14. The lowest BCUT2D eigenvalue weighted by atomic mass is 10.3. The van der Waals surface area contributed by atoms with E-state index in [0.29, 0.717) is 4.57 Å². The van der Waals surface area contributed by atoms with Gasteiger partial charge in [0.15, 0.2) is 0 Å². The molecule has 2 aromatic rings. The molecule has 0 unspecified atom stereocenters. The van der Waals surface area contributed by atoms with Crippen LogP contribution in [0.15, 0.2) is 24.2 Å². The maximum Gasteiger partial charge on any atom is 0.297 e. The summed E-state index contributed by atoms with van der Waals surface area (Å²) < 4.78 is 84.1. The molecule has 0 aliphatic heterocycles. The molecule has 0 amide bonds. The number of para-hydroxylation sites is 2. The molecular weight excluding hydrogens is 224 g/mol. The van der Waals surface area contributed by atoms with Crippen molar-refractivity contribution in [2.75, 3.05) is 12.4 Å². The molecule has 0 bridgehead atoms. The van der Waals surface area contributed by atoms with E-state index in [-0.39, 0.29) is 12.1 Å². The molecule has 1 aromatic heterocycles. The van der Waals surface area contributed by atoms with Crippen LogP contribution in [0.25, 0.3) is 11.0 Å². The van der Waals surface area contributed by atoms with Crippen LogP contribution in [0.4, 0.5) is 0 Å². The second kappa shape index (κ2) is 5.21. The molecule has 0 radical (unpaired) electrons. The van der Waals surface area contributed by atoms with Crippen LogP contribution in [0.1, 0.15) is 27.0 Å². The van der Waals surface area contributed by atoms with Gasteiger partial charge in [-0.1, -0.05) is 12.1 Å². The predicted octanol–water partition coefficient (Wildman–Crippen LogP) is 3.06. The predicted molar refractivity (Wildman–Crippen MR) is 66.2 cm³/mol. The summed E-state index contributed by atoms with van der Waals surface area (Å²) in [6.45, 7) is -1.67. The van der Waals surface area contributed by atoms with Crippen molar-refractivity contribution in [1.29, 1.82) is 0 Å². The van der Waals surface area contributed by atoms with Crippen LogP contribution in [0.2, 0.25) is 0 Å². The lowest BCUT2D eigenvalue weighted by Crippen LogP contribution is -2.04. The molecule has 86 valence electrons. The molecule has 4 heteroatoms. The number of fused-ring (bicyclic) bond motifs is 1. The Kier molecular flexibility index (Phi) is 1.38. The third-order valence-electron chi connectivity index (χ3n) is 1.76. The Morgan fingerprint density at radius 1 is 1.56 bits per heavy atom. The summed E-state index contributed by atoms with van der Waals surface area (Å²) in [5, 5.41) is 0. The summed E-state index contributed by atoms with van der Waals surface area (Å²) in [7, 11) is 0. The number of halogens is 1. The van der Waals surface area contributed by atoms with Gasteiger partial charge in [0.2, 0.25) is 0 Å². The number of rotatable bonds is 5. The van der Waals surface area contributed by atoms with Gasteiger partial charge in [-0.3, -0.25) is 4.57 Å². The SMILES string of the molecule is [2H]c1c([2H])c([2H])c2c(nc(OCC)n2C([2H])([2H])C([2H])([2H])C([2H])([2H])Cl)c1[2H]. The molecule has 1 aromatic carbocycles. The monoisotopic (exact) mass is 248 g/mol. The molecule has 1 heterocycles. The van der Waals surface area contributed by atoms with E-state index in [1.807, 2.05) is 0 Å². The molecule has 0 atom stereocenters. The first kappa shape index (κ1) is 4.22. The van der Waals surface area contributed by atoms with Crippen molar-refractivity contribution in [1.82, 2.24) is 9.55 Å². The Bertz CT molecular complexity index is 860. The first-order valence-electron chi connectivity index (χ1n) is 9.51. The van der Waals surface area contributed by atoms with E-state index in [1.54, 1.807) is 6.92 Å². The van der Waals surface area contributed by atoms with Gasteiger partial charge in [0.05, 0.1) is 23.1 Å². The van der Waals surface area contributed by atoms with E-state index < -0.39 is 54.4 Å². The molecule has 2 rings (SSSR count). The van der Waals surface area contributed by atoms with Crippen LogP contribution < -0.4 is 4.74 Å². The minimum Gasteiger partial charge on any atom is -0.465 e. The Balaban J connectivity index is 3.00. The minimum absolute atomic E-state index is 0.0156. The molecule has 0 fully saturated rings. The Morgan fingerprint density at radius 2 is 2.38 bits per heavy atom. The zero-order valence-corrected chi connectivity index (χ0v) is 9.14. The van der Waals surface area contributed by atoms with Gasteiger partial charge in [-0.15, -0.1) is 11.6 Å². The highest BCUT2D eigenvalue weighted by molar-refractivity contribution is 6.17. The van der Waals surface area contributed by atoms with Gasteiger partial charge in [0, 0.05) is 20.6 Å². The van der Waals surface area contributed by atoms with Crippen molar-refractivity contribution in [3.05, 3.63) is 24.2 Å². The van der Waals surface area contributed by atoms with Crippen LogP contribution >= 0.6 is 11.6 Å². The number of benzene rings is 1. The number of hydrogen-bond acceptors (Lipinski definition) is 2. The summed E-state index contributed by atoms with van der Waals surface area (Å²) in [5.41, 5.74) is -0.775. The smallest absolute Gasteiger partial charge is 0.297 e. The van der Waals surface area contributed by atoms with Gasteiger partial charge in [-0.05, 0) is 25.4 Å². The van der Waals surface area contributed by atoms with Gasteiger partial charge in [0.1, 0.15) is 0 Å². The fraction of sp³-hybridized carbons (Fsp3) is 0.417. The molecule has 0 spiro atoms. The van der Waals surface area contributed by atoms with Crippen LogP contribution in [-0.4, -0.2) is 22.0 Å². The van der Waals surface area contributed by atoms with Gasteiger partial charge in [-0.2, -0.15) is 4.98 Å². The topological polar surface area (TPSA) is 27.1 Å². The van der Waals surface area contributed by atoms with Gasteiger partial charge in [-0.25, -0.2) is 0 Å². The molecule has 0 aliphatic rings. The molecule has 0 saturated carbocycles. The number of hydrogen-bond donors (Lipinski definition) is 0. The van der Waals surface area contributed by atoms with Crippen LogP contribution in [0, 0.1) is 0 Å². The third-order valence-corrected chi connectivity index (χ3v) is 1.85. The van der Waals surface area contributed by atoms with Crippen LogP contribution in [0.3, 0.4) is 0 Å². The Morgan fingerprint density at radius 3 is 3.12 bits per heavy atom. The maximum absolute atomic E-state index is 8.19. The number of nitrogens with zero attached hydrogens (tertiary/aromatic N) is 2. The average molecular weight is 249 g/mol. The Hall–Kier alpha value is -1.22. The van der Waals surface area contributed by atoms with Gasteiger partial charge in [0.25, 0.3) is 6.01 Å². The highest BCUT2D eigenvalue weighted by atomic mass is 35.5. The molecule has 3 nitrogen and oxygen atoms in total. The van der Waals surface area contributed by atoms with Crippen molar-refractivity contribution < 1.29 is 18.4 Å². The quantitative estimate of drug-likeness (QED) is 0.761. The van der Waals surface area contributed by atoms with Crippen molar-refractivity contribution in [2.45, 2.75) is 19.8 Å². The fourth-order valence-corrected chi connectivity index (χ4v) is 1.23. The highest BCUT2D eigenvalue weighted by Gasteiger charge is 2.10. The minimum atomic E-state index is -3.31. The van der Waals surface area contributed by atoms with Crippen molar-refractivity contribution in [3.8, 4) is 6.01 Å². The number of aryl methyl sites for hydroxylation is 1. The zero-order valence-electron chi connectivity index (χ0n) is 18.4. The lowest BCUT2D eigenvalue weighted by molar-refractivity contribution is 0.298. The standard InChI is InChI=1S/C12H15ClN2O/c1-2-16-12-14-10-6-3-4-7-11(10)15(12)9-5-8-13/h3-4,6-7H,2,5,8-9H2,1H3/i3D,4D,5D2,6D,7D,8D2,9D2. The first-order chi connectivity index (χ1) is 11.7. The highest BCUT2D eigenvalue weighted by Crippen LogP contribution is 2.21. The maximum atomic E-state index is 8.19. The third kappa shape index (κ3) is 2.14. The number of alkyl halides is 1. The second-order valence-electron chi connectivity index (χ2n) is 2.69. The van der Waals surface area contributed by atoms with Crippen molar-refractivity contribution in [3.63, 3.8) is 0 Å². The summed E-state index contributed by atoms with van der Waals surface area (Å²) in [4.78, 5) is 3.88. The molecule has 0 N–H and O–H groups in total.